The lowest BCUT2D eigenvalue weighted by Crippen LogP contribution is -2.28. The van der Waals surface area contributed by atoms with Gasteiger partial charge in [-0.2, -0.15) is 0 Å². The highest BCUT2D eigenvalue weighted by Gasteiger charge is 2.31. The molecule has 0 aliphatic rings. The third-order valence-electron chi connectivity index (χ3n) is 6.29. The summed E-state index contributed by atoms with van der Waals surface area (Å²) >= 11 is 25.4. The fourth-order valence-electron chi connectivity index (χ4n) is 4.19. The number of halogens is 4. The highest BCUT2D eigenvalue weighted by molar-refractivity contribution is 7.93. The number of esters is 1. The first-order chi connectivity index (χ1) is 21.7. The van der Waals surface area contributed by atoms with Gasteiger partial charge in [-0.1, -0.05) is 46.4 Å². The van der Waals surface area contributed by atoms with Gasteiger partial charge in [0.1, 0.15) is 15.5 Å². The van der Waals surface area contributed by atoms with Crippen molar-refractivity contribution in [2.24, 2.45) is 0 Å². The Labute approximate surface area is 288 Å². The van der Waals surface area contributed by atoms with E-state index < -0.39 is 21.9 Å². The average Bonchev–Trinajstić information content (AvgIpc) is 3.39. The van der Waals surface area contributed by atoms with Crippen molar-refractivity contribution >= 4 is 96.8 Å². The van der Waals surface area contributed by atoms with Crippen LogP contribution in [0, 0.1) is 0 Å². The number of Topliss-reactive ketones (excluding diaryl/α,β-unsaturated/α-hetero) is 1. The molecule has 1 heterocycles. The van der Waals surface area contributed by atoms with Gasteiger partial charge < -0.3 is 19.5 Å². The lowest BCUT2D eigenvalue weighted by Gasteiger charge is -2.21. The monoisotopic (exact) mass is 744 g/mol. The van der Waals surface area contributed by atoms with Gasteiger partial charge in [-0.05, 0) is 50.2 Å². The second kappa shape index (κ2) is 14.5. The number of carbonyl (C=O) groups is 3. The van der Waals surface area contributed by atoms with Gasteiger partial charge in [0.05, 0.1) is 44.9 Å². The summed E-state index contributed by atoms with van der Waals surface area (Å²) in [7, 11) is -1.56. The minimum atomic E-state index is -4.31. The number of rotatable bonds is 11. The summed E-state index contributed by atoms with van der Waals surface area (Å²) in [5.74, 6) is -1.36. The number of hydrogen-bond acceptors (Lipinski definition) is 9. The Morgan fingerprint density at radius 3 is 2.22 bits per heavy atom. The van der Waals surface area contributed by atoms with Crippen LogP contribution in [0.5, 0.6) is 17.2 Å². The van der Waals surface area contributed by atoms with Crippen LogP contribution in [0.3, 0.4) is 0 Å². The zero-order valence-electron chi connectivity index (χ0n) is 24.4. The first-order valence-corrected chi connectivity index (χ1v) is 16.9. The highest BCUT2D eigenvalue weighted by Crippen LogP contribution is 2.37. The van der Waals surface area contributed by atoms with Gasteiger partial charge in [0.2, 0.25) is 0 Å². The first-order valence-electron chi connectivity index (χ1n) is 13.1. The smallest absolute Gasteiger partial charge is 0.343 e. The van der Waals surface area contributed by atoms with Crippen molar-refractivity contribution < 1.29 is 37.0 Å². The van der Waals surface area contributed by atoms with Gasteiger partial charge in [0.15, 0.2) is 17.3 Å². The molecule has 0 saturated heterocycles. The number of hydrogen-bond donors (Lipinski definition) is 1. The van der Waals surface area contributed by atoms with E-state index in [0.717, 1.165) is 15.6 Å². The van der Waals surface area contributed by atoms with Crippen LogP contribution in [0.4, 0.5) is 11.4 Å². The molecule has 0 unspecified atom stereocenters. The summed E-state index contributed by atoms with van der Waals surface area (Å²) in [5.41, 5.74) is 0.318. The molecule has 1 aromatic heterocycles. The number of methoxy groups -OCH3 is 1. The number of benzene rings is 3. The minimum absolute atomic E-state index is 0.00508. The number of ether oxygens (including phenoxy) is 3. The lowest BCUT2D eigenvalue weighted by atomic mass is 10.1. The highest BCUT2D eigenvalue weighted by atomic mass is 35.5. The number of nitrogens with zero attached hydrogens (tertiary/aromatic N) is 1. The first kappa shape index (κ1) is 35.3. The van der Waals surface area contributed by atoms with E-state index in [4.69, 9.17) is 60.6 Å². The van der Waals surface area contributed by atoms with Crippen LogP contribution < -0.4 is 23.8 Å². The van der Waals surface area contributed by atoms with E-state index in [1.807, 2.05) is 0 Å². The Hall–Kier alpha value is -3.52. The molecule has 0 atom stereocenters. The van der Waals surface area contributed by atoms with Crippen LogP contribution in [0.15, 0.2) is 59.5 Å². The summed E-state index contributed by atoms with van der Waals surface area (Å²) in [6, 6.07) is 12.2. The molecule has 0 aliphatic heterocycles. The standard InChI is InChI=1S/C30H24Cl4N2O8S2/c1-5-43-23-7-6-19(11-24(23)42-4)36(3)46(40,41)25-14-26(34)45-28(25)29(38)35-18-9-16(8-17(31)10-18)30(39)44-20-12-21(32)27(15(2)37)22(33)13-20/h6-14H,5H2,1-4H3,(H,35,38). The Morgan fingerprint density at radius 1 is 0.935 bits per heavy atom. The molecule has 242 valence electrons. The van der Waals surface area contributed by atoms with Crippen molar-refractivity contribution in [1.29, 1.82) is 0 Å². The molecule has 1 amide bonds. The number of carbonyl (C=O) groups excluding carboxylic acids is 3. The second-order valence-electron chi connectivity index (χ2n) is 9.37. The Balaban J connectivity index is 1.59. The van der Waals surface area contributed by atoms with E-state index in [9.17, 15) is 22.8 Å². The van der Waals surface area contributed by atoms with E-state index in [1.165, 1.54) is 69.6 Å². The maximum absolute atomic E-state index is 13.7. The van der Waals surface area contributed by atoms with E-state index in [2.05, 4.69) is 5.32 Å². The second-order valence-corrected chi connectivity index (χ2v) is 14.2. The number of ketones is 1. The molecule has 16 heteroatoms. The molecule has 1 N–H and O–H groups in total. The van der Waals surface area contributed by atoms with Gasteiger partial charge in [0, 0.05) is 36.0 Å². The Bertz CT molecular complexity index is 1940. The third kappa shape index (κ3) is 7.71. The van der Waals surface area contributed by atoms with Crippen molar-refractivity contribution in [2.75, 3.05) is 30.4 Å². The Kier molecular flexibility index (Phi) is 11.1. The van der Waals surface area contributed by atoms with Gasteiger partial charge in [0.25, 0.3) is 15.9 Å². The lowest BCUT2D eigenvalue weighted by molar-refractivity contribution is 0.0734. The van der Waals surface area contributed by atoms with Crippen molar-refractivity contribution in [3.63, 3.8) is 0 Å². The van der Waals surface area contributed by atoms with Gasteiger partial charge >= 0.3 is 5.97 Å². The van der Waals surface area contributed by atoms with Crippen LogP contribution in [0.2, 0.25) is 19.4 Å². The molecule has 46 heavy (non-hydrogen) atoms. The molecule has 0 radical (unpaired) electrons. The molecule has 3 aromatic carbocycles. The minimum Gasteiger partial charge on any atom is -0.493 e. The molecule has 4 rings (SSSR count). The molecule has 0 aliphatic carbocycles. The zero-order chi connectivity index (χ0) is 33.9. The number of thiophene rings is 1. The maximum atomic E-state index is 13.7. The molecular formula is C30H24Cl4N2O8S2. The molecule has 0 bridgehead atoms. The summed E-state index contributed by atoms with van der Waals surface area (Å²) in [6.07, 6.45) is 0. The maximum Gasteiger partial charge on any atom is 0.343 e. The summed E-state index contributed by atoms with van der Waals surface area (Å²) in [6.45, 7) is 3.47. The fourth-order valence-corrected chi connectivity index (χ4v) is 8.03. The van der Waals surface area contributed by atoms with Crippen LogP contribution in [0.25, 0.3) is 0 Å². The topological polar surface area (TPSA) is 128 Å². The quantitative estimate of drug-likeness (QED) is 0.0923. The van der Waals surface area contributed by atoms with Gasteiger partial charge in [-0.25, -0.2) is 13.2 Å². The molecule has 4 aromatic rings. The molecule has 10 nitrogen and oxygen atoms in total. The average molecular weight is 746 g/mol. The van der Waals surface area contributed by atoms with Gasteiger partial charge in [-0.15, -0.1) is 11.3 Å². The molecular weight excluding hydrogens is 722 g/mol. The zero-order valence-corrected chi connectivity index (χ0v) is 29.1. The Morgan fingerprint density at radius 2 is 1.61 bits per heavy atom. The van der Waals surface area contributed by atoms with Crippen molar-refractivity contribution in [3.8, 4) is 17.2 Å². The fraction of sp³-hybridized carbons (Fsp3) is 0.167. The third-order valence-corrected chi connectivity index (χ3v) is 10.3. The molecule has 0 fully saturated rings. The van der Waals surface area contributed by atoms with Crippen LogP contribution in [-0.2, 0) is 10.0 Å². The number of amides is 1. The van der Waals surface area contributed by atoms with Crippen molar-refractivity contribution in [2.45, 2.75) is 18.7 Å². The summed E-state index contributed by atoms with van der Waals surface area (Å²) < 4.78 is 44.7. The van der Waals surface area contributed by atoms with Crippen molar-refractivity contribution in [3.05, 3.63) is 90.0 Å². The number of anilines is 2. The van der Waals surface area contributed by atoms with E-state index >= 15 is 0 Å². The van der Waals surface area contributed by atoms with E-state index in [1.54, 1.807) is 13.0 Å². The number of nitrogens with one attached hydrogen (secondary N) is 1. The summed E-state index contributed by atoms with van der Waals surface area (Å²) in [5, 5.41) is 2.62. The van der Waals surface area contributed by atoms with Crippen LogP contribution in [-0.4, -0.2) is 46.8 Å². The normalized spacial score (nSPS) is 11.1. The van der Waals surface area contributed by atoms with Gasteiger partial charge in [-0.3, -0.25) is 13.9 Å². The summed E-state index contributed by atoms with van der Waals surface area (Å²) in [4.78, 5) is 37.6. The van der Waals surface area contributed by atoms with E-state index in [-0.39, 0.29) is 63.2 Å². The predicted molar refractivity (Wildman–Crippen MR) is 180 cm³/mol. The number of sulfonamides is 1. The molecule has 0 spiro atoms. The van der Waals surface area contributed by atoms with Crippen molar-refractivity contribution in [1.82, 2.24) is 0 Å². The van der Waals surface area contributed by atoms with Crippen LogP contribution >= 0.6 is 57.7 Å². The SMILES string of the molecule is CCOc1ccc(N(C)S(=O)(=O)c2cc(Cl)sc2C(=O)Nc2cc(Cl)cc(C(=O)Oc3cc(Cl)c(C(C)=O)c(Cl)c3)c2)cc1OC. The van der Waals surface area contributed by atoms with E-state index in [0.29, 0.717) is 18.1 Å². The largest absolute Gasteiger partial charge is 0.493 e. The van der Waals surface area contributed by atoms with Crippen LogP contribution in [0.1, 0.15) is 44.2 Å². The molecule has 0 saturated carbocycles. The predicted octanol–water partition coefficient (Wildman–Crippen LogP) is 8.27.